The minimum atomic E-state index is -4.27. The number of alkyl halides is 8. The zero-order valence-electron chi connectivity index (χ0n) is 7.43. The Morgan fingerprint density at radius 3 is 1.40 bits per heavy atom. The Morgan fingerprint density at radius 1 is 0.867 bits per heavy atom. The third kappa shape index (κ3) is 3.97. The van der Waals surface area contributed by atoms with Gasteiger partial charge in [0.05, 0.1) is 0 Å². The van der Waals surface area contributed by atoms with Crippen LogP contribution in [0.25, 0.3) is 0 Å². The van der Waals surface area contributed by atoms with Gasteiger partial charge in [0.25, 0.3) is 0 Å². The van der Waals surface area contributed by atoms with Crippen molar-refractivity contribution in [2.24, 2.45) is 0 Å². The number of halogens is 8. The van der Waals surface area contributed by atoms with E-state index in [2.05, 4.69) is 39.5 Å². The first-order valence-electron chi connectivity index (χ1n) is 3.42. The van der Waals surface area contributed by atoms with Crippen LogP contribution in [-0.2, 0) is 4.74 Å². The summed E-state index contributed by atoms with van der Waals surface area (Å²) in [4.78, 5) is -2.32. The molecular formula is C6H6Cl4F4O. The summed E-state index contributed by atoms with van der Waals surface area (Å²) in [5, 5.41) is -4.12. The van der Waals surface area contributed by atoms with Gasteiger partial charge in [-0.15, -0.1) is 11.6 Å². The maximum atomic E-state index is 13.0. The molecule has 0 amide bonds. The Balaban J connectivity index is 4.89. The highest BCUT2D eigenvalue weighted by molar-refractivity contribution is 6.51. The fourth-order valence-electron chi connectivity index (χ4n) is 0.340. The number of hydrogen-bond acceptors (Lipinski definition) is 1. The van der Waals surface area contributed by atoms with E-state index in [1.54, 1.807) is 0 Å². The number of hydrogen-bond donors (Lipinski definition) is 0. The van der Waals surface area contributed by atoms with E-state index in [1.165, 1.54) is 0 Å². The molecule has 0 aliphatic heterocycles. The molecule has 0 bridgehead atoms. The zero-order chi connectivity index (χ0) is 12.7. The molecular weight excluding hydrogens is 306 g/mol. The van der Waals surface area contributed by atoms with Crippen molar-refractivity contribution < 1.29 is 22.3 Å². The average molecular weight is 312 g/mol. The van der Waals surface area contributed by atoms with Gasteiger partial charge in [-0.2, -0.15) is 17.6 Å². The lowest BCUT2D eigenvalue weighted by molar-refractivity contribution is -0.326. The first kappa shape index (κ1) is 15.8. The van der Waals surface area contributed by atoms with Gasteiger partial charge in [-0.05, 0) is 25.4 Å². The van der Waals surface area contributed by atoms with Gasteiger partial charge in [0.1, 0.15) is 4.87 Å². The molecule has 1 unspecified atom stereocenters. The van der Waals surface area contributed by atoms with E-state index < -0.39 is 20.9 Å². The van der Waals surface area contributed by atoms with Crippen LogP contribution in [0.2, 0.25) is 0 Å². The second kappa shape index (κ2) is 4.26. The maximum absolute atomic E-state index is 13.0. The van der Waals surface area contributed by atoms with E-state index in [4.69, 9.17) is 11.6 Å². The van der Waals surface area contributed by atoms with Gasteiger partial charge in [-0.1, -0.05) is 23.2 Å². The summed E-state index contributed by atoms with van der Waals surface area (Å²) in [6.07, 6.45) is -4.27. The second-order valence-corrected chi connectivity index (χ2v) is 5.77. The van der Waals surface area contributed by atoms with Crippen LogP contribution in [0.1, 0.15) is 13.8 Å². The van der Waals surface area contributed by atoms with E-state index in [-0.39, 0.29) is 0 Å². The lowest BCUT2D eigenvalue weighted by Gasteiger charge is -2.33. The summed E-state index contributed by atoms with van der Waals surface area (Å²) in [5.41, 5.74) is 0. The Labute approximate surface area is 104 Å². The highest BCUT2D eigenvalue weighted by atomic mass is 35.5. The van der Waals surface area contributed by atoms with E-state index >= 15 is 0 Å². The molecule has 1 nitrogen and oxygen atoms in total. The van der Waals surface area contributed by atoms with Crippen molar-refractivity contribution in [1.82, 2.24) is 0 Å². The van der Waals surface area contributed by atoms with Crippen molar-refractivity contribution in [2.45, 2.75) is 34.7 Å². The predicted octanol–water partition coefficient (Wildman–Crippen LogP) is 4.58. The number of rotatable bonds is 4. The van der Waals surface area contributed by atoms with Crippen LogP contribution in [0.4, 0.5) is 17.6 Å². The summed E-state index contributed by atoms with van der Waals surface area (Å²) in [6, 6.07) is 0. The molecule has 0 saturated carbocycles. The normalized spacial score (nSPS) is 18.8. The fraction of sp³-hybridized carbons (Fsp3) is 1.00. The van der Waals surface area contributed by atoms with Crippen molar-refractivity contribution in [2.75, 3.05) is 0 Å². The van der Waals surface area contributed by atoms with Crippen molar-refractivity contribution in [3.63, 3.8) is 0 Å². The molecule has 0 aromatic heterocycles. The van der Waals surface area contributed by atoms with E-state index in [1.807, 2.05) is 0 Å². The summed E-state index contributed by atoms with van der Waals surface area (Å²) in [6.45, 7) is 1.62. The van der Waals surface area contributed by atoms with Crippen LogP contribution in [0.15, 0.2) is 0 Å². The molecule has 0 aromatic rings. The van der Waals surface area contributed by atoms with E-state index in [0.29, 0.717) is 0 Å². The molecule has 0 aliphatic rings. The van der Waals surface area contributed by atoms with Crippen LogP contribution in [0.3, 0.4) is 0 Å². The molecule has 15 heavy (non-hydrogen) atoms. The van der Waals surface area contributed by atoms with Gasteiger partial charge in [0, 0.05) is 0 Å². The van der Waals surface area contributed by atoms with E-state index in [9.17, 15) is 17.6 Å². The minimum Gasteiger partial charge on any atom is -0.263 e. The third-order valence-electron chi connectivity index (χ3n) is 1.28. The third-order valence-corrected chi connectivity index (χ3v) is 2.52. The van der Waals surface area contributed by atoms with Gasteiger partial charge in [-0.3, -0.25) is 4.74 Å². The smallest absolute Gasteiger partial charge is 0.263 e. The van der Waals surface area contributed by atoms with Crippen LogP contribution < -0.4 is 0 Å². The van der Waals surface area contributed by atoms with Crippen LogP contribution >= 0.6 is 46.4 Å². The quantitative estimate of drug-likeness (QED) is 0.545. The lowest BCUT2D eigenvalue weighted by Crippen LogP contribution is -2.49. The average Bonchev–Trinajstić information content (AvgIpc) is 1.77. The zero-order valence-corrected chi connectivity index (χ0v) is 10.5. The van der Waals surface area contributed by atoms with E-state index in [0.717, 1.165) is 13.8 Å². The Hall–Kier alpha value is 0.840. The Bertz CT molecular complexity index is 208. The van der Waals surface area contributed by atoms with Crippen LogP contribution in [-0.4, -0.2) is 20.9 Å². The summed E-state index contributed by atoms with van der Waals surface area (Å²) in [5.74, 6) is 0. The standard InChI is InChI=1S/C6H6Cl4F4O/c1-3(2,7)6(13,14)15-5(10,12)4(8,9)11/h1-2H3. The molecule has 0 saturated heterocycles. The Morgan fingerprint density at radius 2 is 1.20 bits per heavy atom. The predicted molar refractivity (Wildman–Crippen MR) is 51.2 cm³/mol. The summed E-state index contributed by atoms with van der Waals surface area (Å²) in [7, 11) is 0. The van der Waals surface area contributed by atoms with Gasteiger partial charge in [0.2, 0.25) is 0 Å². The second-order valence-electron chi connectivity index (χ2n) is 3.11. The summed E-state index contributed by atoms with van der Waals surface area (Å²) >= 11 is 19.0. The van der Waals surface area contributed by atoms with Gasteiger partial charge < -0.3 is 0 Å². The largest absolute Gasteiger partial charge is 0.377 e. The molecule has 0 spiro atoms. The topological polar surface area (TPSA) is 9.23 Å². The molecule has 9 heteroatoms. The molecule has 0 N–H and O–H groups in total. The molecule has 0 aliphatic carbocycles. The molecule has 0 rings (SSSR count). The van der Waals surface area contributed by atoms with Gasteiger partial charge in [-0.25, -0.2) is 0 Å². The molecule has 92 valence electrons. The molecule has 1 atom stereocenters. The maximum Gasteiger partial charge on any atom is 0.377 e. The number of ether oxygens (including phenoxy) is 1. The van der Waals surface area contributed by atoms with Crippen LogP contribution in [0, 0.1) is 0 Å². The highest BCUT2D eigenvalue weighted by Crippen LogP contribution is 2.48. The molecule has 0 heterocycles. The minimum absolute atomic E-state index is 0.809. The monoisotopic (exact) mass is 310 g/mol. The van der Waals surface area contributed by atoms with Crippen molar-refractivity contribution >= 4 is 46.4 Å². The van der Waals surface area contributed by atoms with Crippen LogP contribution in [0.5, 0.6) is 0 Å². The van der Waals surface area contributed by atoms with Gasteiger partial charge in [0.15, 0.2) is 0 Å². The van der Waals surface area contributed by atoms with Crippen molar-refractivity contribution in [3.8, 4) is 0 Å². The molecule has 0 fully saturated rings. The molecule has 0 aromatic carbocycles. The molecule has 0 radical (unpaired) electrons. The fourth-order valence-corrected chi connectivity index (χ4v) is 0.553. The highest BCUT2D eigenvalue weighted by Gasteiger charge is 2.61. The lowest BCUT2D eigenvalue weighted by atomic mass is 10.2. The van der Waals surface area contributed by atoms with Crippen molar-refractivity contribution in [1.29, 1.82) is 0 Å². The van der Waals surface area contributed by atoms with Gasteiger partial charge >= 0.3 is 16.0 Å². The van der Waals surface area contributed by atoms with Crippen molar-refractivity contribution in [3.05, 3.63) is 0 Å². The Kier molecular flexibility index (Phi) is 4.50. The first-order chi connectivity index (χ1) is 6.21. The first-order valence-corrected chi connectivity index (χ1v) is 4.93. The SMILES string of the molecule is CC(C)(Cl)C(F)(F)OC(F)(Cl)C(F)(Cl)Cl. The summed E-state index contributed by atoms with van der Waals surface area (Å²) < 4.78 is 51.1.